The van der Waals surface area contributed by atoms with Crippen molar-refractivity contribution in [1.82, 2.24) is 14.0 Å². The van der Waals surface area contributed by atoms with Crippen LogP contribution in [0.1, 0.15) is 46.6 Å². The highest BCUT2D eigenvalue weighted by atomic mass is 15.3. The fourth-order valence-electron chi connectivity index (χ4n) is 5.40. The highest BCUT2D eigenvalue weighted by molar-refractivity contribution is 5.78. The van der Waals surface area contributed by atoms with Gasteiger partial charge >= 0.3 is 0 Å². The van der Waals surface area contributed by atoms with E-state index in [4.69, 9.17) is 4.98 Å². The Bertz CT molecular complexity index is 1440. The molecule has 0 bridgehead atoms. The molecule has 0 aliphatic carbocycles. The van der Waals surface area contributed by atoms with Gasteiger partial charge in [-0.15, -0.1) is 0 Å². The maximum absolute atomic E-state index is 5.27. The van der Waals surface area contributed by atoms with E-state index in [1.165, 1.54) is 11.1 Å². The predicted molar refractivity (Wildman–Crippen MR) is 151 cm³/mol. The van der Waals surface area contributed by atoms with Gasteiger partial charge in [0.1, 0.15) is 11.5 Å². The topological polar surface area (TPSA) is 34.3 Å². The minimum Gasteiger partial charge on any atom is -0.364 e. The van der Waals surface area contributed by atoms with Crippen LogP contribution in [0.4, 0.5) is 5.82 Å². The van der Waals surface area contributed by atoms with Gasteiger partial charge in [-0.3, -0.25) is 4.40 Å². The highest BCUT2D eigenvalue weighted by Crippen LogP contribution is 2.37. The molecule has 0 amide bonds. The largest absolute Gasteiger partial charge is 0.364 e. The minimum absolute atomic E-state index is 0.119. The van der Waals surface area contributed by atoms with E-state index in [9.17, 15) is 0 Å². The molecule has 2 heterocycles. The number of hydrogen-bond acceptors (Lipinski definition) is 2. The van der Waals surface area contributed by atoms with E-state index < -0.39 is 0 Å². The molecule has 0 aliphatic heterocycles. The molecule has 2 aromatic heterocycles. The fraction of sp³-hybridized carbons (Fsp3) is 0.281. The van der Waals surface area contributed by atoms with Crippen molar-refractivity contribution in [1.29, 1.82) is 0 Å². The smallest absolute Gasteiger partial charge is 0.217 e. The van der Waals surface area contributed by atoms with E-state index in [1.807, 2.05) is 0 Å². The third-order valence-electron chi connectivity index (χ3n) is 6.41. The van der Waals surface area contributed by atoms with Crippen LogP contribution in [0.15, 0.2) is 97.2 Å². The van der Waals surface area contributed by atoms with Crippen LogP contribution in [0.5, 0.6) is 0 Å². The first-order valence-electron chi connectivity index (χ1n) is 12.7. The third-order valence-corrected chi connectivity index (χ3v) is 6.41. The van der Waals surface area contributed by atoms with E-state index in [2.05, 4.69) is 146 Å². The normalized spacial score (nSPS) is 12.2. The Morgan fingerprint density at radius 3 is 1.86 bits per heavy atom. The molecule has 1 N–H and O–H groups in total. The number of benzene rings is 3. The number of hydrogen-bond donors (Lipinski definition) is 1. The number of anilines is 1. The summed E-state index contributed by atoms with van der Waals surface area (Å²) in [5.41, 5.74) is 5.75. The monoisotopic (exact) mass is 476 g/mol. The van der Waals surface area contributed by atoms with Crippen LogP contribution < -0.4 is 5.32 Å². The zero-order valence-corrected chi connectivity index (χ0v) is 22.0. The van der Waals surface area contributed by atoms with Gasteiger partial charge in [0.15, 0.2) is 0 Å². The molecule has 0 saturated carbocycles. The summed E-state index contributed by atoms with van der Waals surface area (Å²) in [6.45, 7) is 12.2. The summed E-state index contributed by atoms with van der Waals surface area (Å²) in [6.07, 6.45) is 3.26. The quantitative estimate of drug-likeness (QED) is 0.257. The summed E-state index contributed by atoms with van der Waals surface area (Å²) in [7, 11) is 0. The minimum atomic E-state index is -0.119. The maximum atomic E-state index is 5.27. The molecule has 0 spiro atoms. The van der Waals surface area contributed by atoms with Crippen molar-refractivity contribution in [2.24, 2.45) is 5.41 Å². The van der Waals surface area contributed by atoms with Crippen molar-refractivity contribution in [3.05, 3.63) is 103 Å². The van der Waals surface area contributed by atoms with Crippen LogP contribution in [0.25, 0.3) is 28.3 Å². The van der Waals surface area contributed by atoms with E-state index >= 15 is 0 Å². The Morgan fingerprint density at radius 1 is 0.722 bits per heavy atom. The fourth-order valence-corrected chi connectivity index (χ4v) is 5.40. The number of nitrogens with zero attached hydrogens (tertiary/aromatic N) is 3. The van der Waals surface area contributed by atoms with Crippen molar-refractivity contribution < 1.29 is 0 Å². The molecule has 0 unspecified atom stereocenters. The van der Waals surface area contributed by atoms with Gasteiger partial charge in [-0.25, -0.2) is 4.98 Å². The molecule has 4 nitrogen and oxygen atoms in total. The Hall–Kier alpha value is -3.79. The lowest BCUT2D eigenvalue weighted by molar-refractivity contribution is 0.302. The Labute approximate surface area is 214 Å². The molecular weight excluding hydrogens is 440 g/mol. The summed E-state index contributed by atoms with van der Waals surface area (Å²) in [5, 5.41) is 3.91. The summed E-state index contributed by atoms with van der Waals surface area (Å²) < 4.78 is 4.58. The standard InChI is InChI=1S/C32H36N4/c1-31(2,3)23-32(4,5)34-29-28(26-19-13-8-14-20-26)33-30-35(21-24-15-9-6-10-16-24)27(22-36(29)30)25-17-11-7-12-18-25/h6-20,22,34H,21,23H2,1-5H3. The summed E-state index contributed by atoms with van der Waals surface area (Å²) in [5.74, 6) is 1.97. The first kappa shape index (κ1) is 23.9. The second-order valence-electron chi connectivity index (χ2n) is 11.5. The second kappa shape index (κ2) is 9.34. The Kier molecular flexibility index (Phi) is 6.21. The summed E-state index contributed by atoms with van der Waals surface area (Å²) in [4.78, 5) is 5.27. The van der Waals surface area contributed by atoms with Gasteiger partial charge in [0.05, 0.1) is 12.2 Å². The van der Waals surface area contributed by atoms with Crippen molar-refractivity contribution in [3.63, 3.8) is 0 Å². The van der Waals surface area contributed by atoms with E-state index in [-0.39, 0.29) is 11.0 Å². The maximum Gasteiger partial charge on any atom is 0.217 e. The van der Waals surface area contributed by atoms with Crippen LogP contribution in [-0.2, 0) is 6.54 Å². The molecule has 0 fully saturated rings. The summed E-state index contributed by atoms with van der Waals surface area (Å²) >= 11 is 0. The molecule has 5 aromatic rings. The molecule has 184 valence electrons. The van der Waals surface area contributed by atoms with E-state index in [0.29, 0.717) is 0 Å². The van der Waals surface area contributed by atoms with Crippen molar-refractivity contribution in [2.45, 2.75) is 53.1 Å². The van der Waals surface area contributed by atoms with E-state index in [1.54, 1.807) is 0 Å². The Balaban J connectivity index is 1.72. The van der Waals surface area contributed by atoms with Crippen LogP contribution in [-0.4, -0.2) is 19.5 Å². The first-order valence-corrected chi connectivity index (χ1v) is 12.7. The second-order valence-corrected chi connectivity index (χ2v) is 11.5. The van der Waals surface area contributed by atoms with Gasteiger partial charge in [0.25, 0.3) is 0 Å². The van der Waals surface area contributed by atoms with Crippen LogP contribution in [0.2, 0.25) is 0 Å². The van der Waals surface area contributed by atoms with Crippen LogP contribution in [0, 0.1) is 5.41 Å². The lowest BCUT2D eigenvalue weighted by Gasteiger charge is -2.34. The average Bonchev–Trinajstić information content (AvgIpc) is 3.36. The molecule has 5 rings (SSSR count). The molecule has 4 heteroatoms. The highest BCUT2D eigenvalue weighted by Gasteiger charge is 2.29. The van der Waals surface area contributed by atoms with Gasteiger partial charge in [0.2, 0.25) is 5.78 Å². The number of nitrogens with one attached hydrogen (secondary N) is 1. The zero-order valence-electron chi connectivity index (χ0n) is 22.0. The van der Waals surface area contributed by atoms with Crippen molar-refractivity contribution in [2.75, 3.05) is 5.32 Å². The molecule has 3 aromatic carbocycles. The van der Waals surface area contributed by atoms with Gasteiger partial charge in [0, 0.05) is 17.3 Å². The number of imidazole rings is 2. The SMILES string of the molecule is CC(C)(C)CC(C)(C)Nc1c(-c2ccccc2)nc2n(Cc3ccccc3)c(-c3ccccc3)cn12. The predicted octanol–water partition coefficient (Wildman–Crippen LogP) is 8.14. The average molecular weight is 477 g/mol. The molecule has 0 saturated heterocycles. The van der Waals surface area contributed by atoms with Gasteiger partial charge < -0.3 is 9.88 Å². The van der Waals surface area contributed by atoms with Crippen LogP contribution >= 0.6 is 0 Å². The molecule has 36 heavy (non-hydrogen) atoms. The van der Waals surface area contributed by atoms with Gasteiger partial charge in [-0.2, -0.15) is 0 Å². The Morgan fingerprint density at radius 2 is 1.28 bits per heavy atom. The van der Waals surface area contributed by atoms with Crippen molar-refractivity contribution in [3.8, 4) is 22.5 Å². The number of rotatable bonds is 7. The molecule has 0 aliphatic rings. The number of aromatic nitrogens is 3. The van der Waals surface area contributed by atoms with Crippen LogP contribution in [0.3, 0.4) is 0 Å². The molecule has 0 radical (unpaired) electrons. The lowest BCUT2D eigenvalue weighted by Crippen LogP contribution is -2.36. The number of fused-ring (bicyclic) bond motifs is 1. The third kappa shape index (κ3) is 5.08. The van der Waals surface area contributed by atoms with E-state index in [0.717, 1.165) is 41.5 Å². The van der Waals surface area contributed by atoms with Crippen molar-refractivity contribution >= 4 is 11.6 Å². The first-order chi connectivity index (χ1) is 17.2. The van der Waals surface area contributed by atoms with Gasteiger partial charge in [-0.1, -0.05) is 112 Å². The summed E-state index contributed by atoms with van der Waals surface area (Å²) in [6, 6.07) is 31.7. The van der Waals surface area contributed by atoms with Gasteiger partial charge in [-0.05, 0) is 36.8 Å². The molecular formula is C32H36N4. The zero-order chi connectivity index (χ0) is 25.3. The lowest BCUT2D eigenvalue weighted by atomic mass is 9.82. The molecule has 0 atom stereocenters.